The molecule has 0 saturated heterocycles. The fourth-order valence-electron chi connectivity index (χ4n) is 1.97. The van der Waals surface area contributed by atoms with Gasteiger partial charge in [-0.15, -0.1) is 0 Å². The number of esters is 1. The van der Waals surface area contributed by atoms with E-state index in [1.165, 1.54) is 18.5 Å². The number of anilines is 1. The van der Waals surface area contributed by atoms with Gasteiger partial charge in [0.05, 0.1) is 17.3 Å². The van der Waals surface area contributed by atoms with Gasteiger partial charge in [-0.25, -0.2) is 14.8 Å². The second-order valence-corrected chi connectivity index (χ2v) is 4.55. The number of carbonyl (C=O) groups is 1. The summed E-state index contributed by atoms with van der Waals surface area (Å²) in [6, 6.07) is 8.57. The van der Waals surface area contributed by atoms with Crippen LogP contribution in [0.2, 0.25) is 0 Å². The standard InChI is InChI=1S/C15H12N4O3/c16-14-11-3-1-2-4-12(11)18-13(19-14)8-22-15(21)9-5-10(20)7-17-6-9/h1-7,20H,8H2,(H2,16,18,19). The van der Waals surface area contributed by atoms with Gasteiger partial charge in [0.2, 0.25) is 0 Å². The third-order valence-corrected chi connectivity index (χ3v) is 2.97. The number of hydrogen-bond acceptors (Lipinski definition) is 7. The van der Waals surface area contributed by atoms with Crippen molar-refractivity contribution in [2.75, 3.05) is 5.73 Å². The maximum atomic E-state index is 11.9. The lowest BCUT2D eigenvalue weighted by atomic mass is 10.2. The summed E-state index contributed by atoms with van der Waals surface area (Å²) in [5.41, 5.74) is 6.69. The number of para-hydroxylation sites is 1. The molecule has 7 nitrogen and oxygen atoms in total. The third-order valence-electron chi connectivity index (χ3n) is 2.97. The lowest BCUT2D eigenvalue weighted by Gasteiger charge is -2.06. The predicted octanol–water partition coefficient (Wildman–Crippen LogP) is 1.67. The average molecular weight is 296 g/mol. The summed E-state index contributed by atoms with van der Waals surface area (Å²) >= 11 is 0. The van der Waals surface area contributed by atoms with E-state index in [4.69, 9.17) is 10.5 Å². The highest BCUT2D eigenvalue weighted by Crippen LogP contribution is 2.17. The van der Waals surface area contributed by atoms with Gasteiger partial charge in [-0.2, -0.15) is 0 Å². The van der Waals surface area contributed by atoms with Crippen LogP contribution in [0.3, 0.4) is 0 Å². The zero-order valence-corrected chi connectivity index (χ0v) is 11.4. The first-order chi connectivity index (χ1) is 10.6. The lowest BCUT2D eigenvalue weighted by molar-refractivity contribution is 0.0461. The highest BCUT2D eigenvalue weighted by Gasteiger charge is 2.11. The van der Waals surface area contributed by atoms with Crippen LogP contribution in [-0.2, 0) is 11.3 Å². The van der Waals surface area contributed by atoms with E-state index < -0.39 is 5.97 Å². The average Bonchev–Trinajstić information content (AvgIpc) is 2.53. The highest BCUT2D eigenvalue weighted by atomic mass is 16.5. The number of nitrogens with two attached hydrogens (primary N) is 1. The molecule has 0 unspecified atom stereocenters. The number of carbonyl (C=O) groups excluding carboxylic acids is 1. The fourth-order valence-corrected chi connectivity index (χ4v) is 1.97. The summed E-state index contributed by atoms with van der Waals surface area (Å²) in [6.45, 7) is -0.122. The summed E-state index contributed by atoms with van der Waals surface area (Å²) in [7, 11) is 0. The molecule has 0 bridgehead atoms. The van der Waals surface area contributed by atoms with Gasteiger partial charge in [0.15, 0.2) is 12.4 Å². The minimum Gasteiger partial charge on any atom is -0.506 e. The molecule has 0 aliphatic rings. The van der Waals surface area contributed by atoms with Crippen molar-refractivity contribution in [2.24, 2.45) is 0 Å². The van der Waals surface area contributed by atoms with E-state index in [2.05, 4.69) is 15.0 Å². The molecular formula is C15H12N4O3. The van der Waals surface area contributed by atoms with E-state index in [9.17, 15) is 9.90 Å². The zero-order chi connectivity index (χ0) is 15.5. The number of pyridine rings is 1. The van der Waals surface area contributed by atoms with E-state index in [-0.39, 0.29) is 17.9 Å². The molecule has 0 aliphatic carbocycles. The molecule has 1 aromatic carbocycles. The number of ether oxygens (including phenoxy) is 1. The summed E-state index contributed by atoms with van der Waals surface area (Å²) in [5.74, 6) is -0.104. The topological polar surface area (TPSA) is 111 Å². The first-order valence-corrected chi connectivity index (χ1v) is 6.46. The van der Waals surface area contributed by atoms with Crippen LogP contribution < -0.4 is 5.73 Å². The molecule has 7 heteroatoms. The van der Waals surface area contributed by atoms with Gasteiger partial charge in [0, 0.05) is 11.6 Å². The van der Waals surface area contributed by atoms with E-state index in [1.807, 2.05) is 18.2 Å². The summed E-state index contributed by atoms with van der Waals surface area (Å²) in [6.07, 6.45) is 2.53. The van der Waals surface area contributed by atoms with E-state index in [0.29, 0.717) is 17.2 Å². The van der Waals surface area contributed by atoms with Gasteiger partial charge in [-0.05, 0) is 18.2 Å². The summed E-state index contributed by atoms with van der Waals surface area (Å²) in [4.78, 5) is 24.0. The number of hydrogen-bond donors (Lipinski definition) is 2. The number of nitrogens with zero attached hydrogens (tertiary/aromatic N) is 3. The number of benzene rings is 1. The molecule has 3 N–H and O–H groups in total. The molecule has 2 heterocycles. The number of fused-ring (bicyclic) bond motifs is 1. The van der Waals surface area contributed by atoms with Crippen LogP contribution in [0.4, 0.5) is 5.82 Å². The minimum absolute atomic E-state index is 0.111. The maximum absolute atomic E-state index is 11.9. The van der Waals surface area contributed by atoms with Crippen LogP contribution in [0.25, 0.3) is 10.9 Å². The molecule has 0 saturated carbocycles. The Morgan fingerprint density at radius 2 is 2.05 bits per heavy atom. The second kappa shape index (κ2) is 5.65. The molecule has 0 atom stereocenters. The zero-order valence-electron chi connectivity index (χ0n) is 11.4. The Hall–Kier alpha value is -3.22. The summed E-state index contributed by atoms with van der Waals surface area (Å²) in [5, 5.41) is 10.0. The van der Waals surface area contributed by atoms with Crippen LogP contribution in [0.15, 0.2) is 42.7 Å². The van der Waals surface area contributed by atoms with Crippen molar-refractivity contribution in [1.82, 2.24) is 15.0 Å². The molecule has 0 spiro atoms. The Morgan fingerprint density at radius 3 is 2.86 bits per heavy atom. The third kappa shape index (κ3) is 2.78. The van der Waals surface area contributed by atoms with Crippen molar-refractivity contribution < 1.29 is 14.6 Å². The molecule has 3 rings (SSSR count). The Balaban J connectivity index is 1.78. The number of rotatable bonds is 3. The summed E-state index contributed by atoms with van der Waals surface area (Å²) < 4.78 is 5.10. The van der Waals surface area contributed by atoms with Gasteiger partial charge in [0.25, 0.3) is 0 Å². The van der Waals surface area contributed by atoms with Gasteiger partial charge >= 0.3 is 5.97 Å². The van der Waals surface area contributed by atoms with Crippen molar-refractivity contribution in [1.29, 1.82) is 0 Å². The lowest BCUT2D eigenvalue weighted by Crippen LogP contribution is -2.09. The van der Waals surface area contributed by atoms with Gasteiger partial charge in [-0.3, -0.25) is 4.98 Å². The van der Waals surface area contributed by atoms with Gasteiger partial charge in [0.1, 0.15) is 11.6 Å². The van der Waals surface area contributed by atoms with Crippen molar-refractivity contribution in [3.8, 4) is 5.75 Å². The van der Waals surface area contributed by atoms with E-state index in [0.717, 1.165) is 5.39 Å². The second-order valence-electron chi connectivity index (χ2n) is 4.55. The van der Waals surface area contributed by atoms with E-state index >= 15 is 0 Å². The van der Waals surface area contributed by atoms with Crippen LogP contribution in [0.1, 0.15) is 16.2 Å². The fraction of sp³-hybridized carbons (Fsp3) is 0.0667. The molecule has 110 valence electrons. The normalized spacial score (nSPS) is 10.5. The first-order valence-electron chi connectivity index (χ1n) is 6.46. The molecule has 0 fully saturated rings. The van der Waals surface area contributed by atoms with E-state index in [1.54, 1.807) is 6.07 Å². The molecule has 22 heavy (non-hydrogen) atoms. The number of aromatic nitrogens is 3. The largest absolute Gasteiger partial charge is 0.506 e. The predicted molar refractivity (Wildman–Crippen MR) is 79.0 cm³/mol. The Labute approximate surface area is 125 Å². The van der Waals surface area contributed by atoms with Gasteiger partial charge in [-0.1, -0.05) is 12.1 Å². The number of nitrogen functional groups attached to an aromatic ring is 1. The van der Waals surface area contributed by atoms with Crippen LogP contribution in [0.5, 0.6) is 5.75 Å². The number of aromatic hydroxyl groups is 1. The molecule has 0 amide bonds. The first kappa shape index (κ1) is 13.7. The highest BCUT2D eigenvalue weighted by molar-refractivity contribution is 5.89. The minimum atomic E-state index is -0.626. The van der Waals surface area contributed by atoms with Crippen LogP contribution >= 0.6 is 0 Å². The quantitative estimate of drug-likeness (QED) is 0.707. The molecular weight excluding hydrogens is 284 g/mol. The Kier molecular flexibility index (Phi) is 3.53. The van der Waals surface area contributed by atoms with Crippen molar-refractivity contribution in [3.63, 3.8) is 0 Å². The monoisotopic (exact) mass is 296 g/mol. The Bertz CT molecular complexity index is 851. The van der Waals surface area contributed by atoms with Crippen molar-refractivity contribution >= 4 is 22.7 Å². The van der Waals surface area contributed by atoms with Gasteiger partial charge < -0.3 is 15.6 Å². The van der Waals surface area contributed by atoms with Crippen LogP contribution in [0, 0.1) is 0 Å². The van der Waals surface area contributed by atoms with Crippen molar-refractivity contribution in [3.05, 3.63) is 54.1 Å². The molecule has 3 aromatic rings. The smallest absolute Gasteiger partial charge is 0.340 e. The Morgan fingerprint density at radius 1 is 1.23 bits per heavy atom. The SMILES string of the molecule is Nc1nc(COC(=O)c2cncc(O)c2)nc2ccccc12. The van der Waals surface area contributed by atoms with Crippen molar-refractivity contribution in [2.45, 2.75) is 6.61 Å². The molecule has 0 radical (unpaired) electrons. The maximum Gasteiger partial charge on any atom is 0.340 e. The molecule has 2 aromatic heterocycles. The van der Waals surface area contributed by atoms with Crippen LogP contribution in [-0.4, -0.2) is 26.0 Å². The molecule has 0 aliphatic heterocycles.